The number of piperazine rings is 1. The Balaban J connectivity index is 1.25. The van der Waals surface area contributed by atoms with Crippen LogP contribution in [0.3, 0.4) is 0 Å². The van der Waals surface area contributed by atoms with Gasteiger partial charge in [-0.15, -0.1) is 0 Å². The average molecular weight is 416 g/mol. The van der Waals surface area contributed by atoms with Crippen molar-refractivity contribution in [3.63, 3.8) is 0 Å². The lowest BCUT2D eigenvalue weighted by Crippen LogP contribution is -2.48. The van der Waals surface area contributed by atoms with Crippen molar-refractivity contribution in [2.75, 3.05) is 31.5 Å². The van der Waals surface area contributed by atoms with Crippen LogP contribution in [-0.2, 0) is 9.53 Å². The van der Waals surface area contributed by atoms with Crippen molar-refractivity contribution in [1.82, 2.24) is 9.80 Å². The van der Waals surface area contributed by atoms with E-state index in [2.05, 4.69) is 10.3 Å². The molecular weight excluding hydrogens is 396 g/mol. The number of anilines is 1. The Labute approximate surface area is 178 Å². The molecule has 2 aliphatic heterocycles. The summed E-state index contributed by atoms with van der Waals surface area (Å²) in [5, 5.41) is 3.73. The molecular formula is C23H20N4O4. The lowest BCUT2D eigenvalue weighted by molar-refractivity contribution is -0.130. The van der Waals surface area contributed by atoms with Crippen LogP contribution >= 0.6 is 0 Å². The molecule has 0 aliphatic carbocycles. The third kappa shape index (κ3) is 3.87. The van der Waals surface area contributed by atoms with Crippen LogP contribution in [0.15, 0.2) is 82.2 Å². The highest BCUT2D eigenvalue weighted by molar-refractivity contribution is 6.15. The number of urea groups is 1. The van der Waals surface area contributed by atoms with Crippen LogP contribution in [0.2, 0.25) is 0 Å². The van der Waals surface area contributed by atoms with Crippen molar-refractivity contribution in [1.29, 1.82) is 0 Å². The van der Waals surface area contributed by atoms with E-state index in [-0.39, 0.29) is 17.6 Å². The standard InChI is InChI=1S/C23H20N4O4/c28-22-19(25-21(31-22)18-7-4-8-20-17(18)9-14-30-20)15-26-10-12-27(13-11-26)23(29)24-16-5-2-1-3-6-16/h1-9,14-15H,10-13H2,(H,24,29). The lowest BCUT2D eigenvalue weighted by Gasteiger charge is -2.34. The molecule has 31 heavy (non-hydrogen) atoms. The normalized spacial score (nSPS) is 17.7. The molecule has 2 amide bonds. The summed E-state index contributed by atoms with van der Waals surface area (Å²) in [4.78, 5) is 32.9. The minimum absolute atomic E-state index is 0.132. The van der Waals surface area contributed by atoms with Gasteiger partial charge < -0.3 is 24.3 Å². The van der Waals surface area contributed by atoms with Crippen molar-refractivity contribution >= 4 is 34.6 Å². The number of nitrogens with one attached hydrogen (secondary N) is 1. The first-order chi connectivity index (χ1) is 15.2. The van der Waals surface area contributed by atoms with Crippen molar-refractivity contribution < 1.29 is 18.7 Å². The van der Waals surface area contributed by atoms with Crippen LogP contribution in [0.5, 0.6) is 0 Å². The van der Waals surface area contributed by atoms with Gasteiger partial charge in [0.15, 0.2) is 5.70 Å². The Morgan fingerprint density at radius 3 is 2.61 bits per heavy atom. The van der Waals surface area contributed by atoms with Crippen molar-refractivity contribution in [3.05, 3.63) is 78.3 Å². The summed E-state index contributed by atoms with van der Waals surface area (Å²) in [7, 11) is 0. The molecule has 1 N–H and O–H groups in total. The van der Waals surface area contributed by atoms with E-state index < -0.39 is 5.97 Å². The first kappa shape index (κ1) is 18.9. The molecule has 3 aromatic rings. The molecule has 0 atom stereocenters. The number of carbonyl (C=O) groups is 2. The van der Waals surface area contributed by atoms with E-state index in [4.69, 9.17) is 9.15 Å². The number of esters is 1. The summed E-state index contributed by atoms with van der Waals surface area (Å²) in [6.07, 6.45) is 3.30. The van der Waals surface area contributed by atoms with Gasteiger partial charge in [0.1, 0.15) is 5.58 Å². The van der Waals surface area contributed by atoms with Gasteiger partial charge in [-0.3, -0.25) is 0 Å². The maximum absolute atomic E-state index is 12.4. The number of carbonyl (C=O) groups excluding carboxylic acids is 2. The van der Waals surface area contributed by atoms with E-state index in [1.165, 1.54) is 0 Å². The summed E-state index contributed by atoms with van der Waals surface area (Å²) in [6.45, 7) is 2.28. The highest BCUT2D eigenvalue weighted by atomic mass is 16.6. The molecule has 0 unspecified atom stereocenters. The minimum atomic E-state index is -0.486. The first-order valence-corrected chi connectivity index (χ1v) is 10.0. The molecule has 2 aliphatic rings. The zero-order valence-corrected chi connectivity index (χ0v) is 16.7. The second-order valence-electron chi connectivity index (χ2n) is 7.28. The number of hydrogen-bond donors (Lipinski definition) is 1. The summed E-state index contributed by atoms with van der Waals surface area (Å²) in [5.41, 5.74) is 2.43. The topological polar surface area (TPSA) is 87.4 Å². The lowest BCUT2D eigenvalue weighted by atomic mass is 10.1. The van der Waals surface area contributed by atoms with E-state index in [9.17, 15) is 9.59 Å². The fourth-order valence-corrected chi connectivity index (χ4v) is 3.65. The number of ether oxygens (including phenoxy) is 1. The van der Waals surface area contributed by atoms with E-state index in [1.807, 2.05) is 59.5 Å². The molecule has 8 nitrogen and oxygen atoms in total. The molecule has 0 radical (unpaired) electrons. The number of nitrogens with zero attached hydrogens (tertiary/aromatic N) is 3. The van der Waals surface area contributed by atoms with Gasteiger partial charge in [-0.2, -0.15) is 0 Å². The summed E-state index contributed by atoms with van der Waals surface area (Å²) in [6, 6.07) is 16.6. The molecule has 1 fully saturated rings. The third-order valence-electron chi connectivity index (χ3n) is 5.28. The Morgan fingerprint density at radius 1 is 1.00 bits per heavy atom. The van der Waals surface area contributed by atoms with Gasteiger partial charge in [0.25, 0.3) is 0 Å². The second kappa shape index (κ2) is 7.98. The summed E-state index contributed by atoms with van der Waals surface area (Å²) in [5.74, 6) is -0.219. The molecule has 1 saturated heterocycles. The van der Waals surface area contributed by atoms with Gasteiger partial charge in [0.2, 0.25) is 5.90 Å². The highest BCUT2D eigenvalue weighted by Gasteiger charge is 2.27. The molecule has 0 saturated carbocycles. The van der Waals surface area contributed by atoms with Gasteiger partial charge in [-0.05, 0) is 30.3 Å². The zero-order valence-electron chi connectivity index (χ0n) is 16.7. The van der Waals surface area contributed by atoms with E-state index in [0.717, 1.165) is 11.1 Å². The summed E-state index contributed by atoms with van der Waals surface area (Å²) >= 11 is 0. The number of aliphatic imine (C=N–C) groups is 1. The number of amides is 2. The van der Waals surface area contributed by atoms with Crippen LogP contribution in [0.1, 0.15) is 5.56 Å². The Kier molecular flexibility index (Phi) is 4.87. The Hall–Kier alpha value is -4.07. The van der Waals surface area contributed by atoms with Crippen molar-refractivity contribution in [2.45, 2.75) is 0 Å². The minimum Gasteiger partial charge on any atom is -0.464 e. The molecule has 0 spiro atoms. The van der Waals surface area contributed by atoms with E-state index in [1.54, 1.807) is 17.4 Å². The SMILES string of the molecule is O=C1OC(c2cccc3occc23)=NC1=CN1CCN(C(=O)Nc2ccccc2)CC1. The number of hydrogen-bond acceptors (Lipinski definition) is 6. The fourth-order valence-electron chi connectivity index (χ4n) is 3.65. The molecule has 3 heterocycles. The largest absolute Gasteiger partial charge is 0.464 e. The van der Waals surface area contributed by atoms with Crippen molar-refractivity contribution in [2.24, 2.45) is 4.99 Å². The zero-order chi connectivity index (χ0) is 21.2. The van der Waals surface area contributed by atoms with Crippen molar-refractivity contribution in [3.8, 4) is 0 Å². The summed E-state index contributed by atoms with van der Waals surface area (Å²) < 4.78 is 10.8. The molecule has 156 valence electrons. The average Bonchev–Trinajstić information content (AvgIpc) is 3.41. The van der Waals surface area contributed by atoms with Gasteiger partial charge >= 0.3 is 12.0 Å². The van der Waals surface area contributed by atoms with Crippen LogP contribution in [0.25, 0.3) is 11.0 Å². The van der Waals surface area contributed by atoms with Crippen LogP contribution in [0, 0.1) is 0 Å². The van der Waals surface area contributed by atoms with Crippen LogP contribution in [0.4, 0.5) is 10.5 Å². The molecule has 2 aromatic carbocycles. The van der Waals surface area contributed by atoms with Crippen LogP contribution in [-0.4, -0.2) is 53.9 Å². The predicted molar refractivity (Wildman–Crippen MR) is 116 cm³/mol. The number of furan rings is 1. The number of para-hydroxylation sites is 1. The number of cyclic esters (lactones) is 1. The highest BCUT2D eigenvalue weighted by Crippen LogP contribution is 2.25. The van der Waals surface area contributed by atoms with Gasteiger partial charge in [0.05, 0.1) is 6.26 Å². The Bertz CT molecular complexity index is 1190. The molecule has 5 rings (SSSR count). The van der Waals surface area contributed by atoms with E-state index in [0.29, 0.717) is 37.3 Å². The van der Waals surface area contributed by atoms with Gasteiger partial charge in [-0.25, -0.2) is 14.6 Å². The fraction of sp³-hybridized carbons (Fsp3) is 0.174. The predicted octanol–water partition coefficient (Wildman–Crippen LogP) is 3.43. The molecule has 1 aromatic heterocycles. The van der Waals surface area contributed by atoms with Crippen LogP contribution < -0.4 is 5.32 Å². The monoisotopic (exact) mass is 416 g/mol. The quantitative estimate of drug-likeness (QED) is 0.522. The molecule has 0 bridgehead atoms. The number of benzene rings is 2. The maximum atomic E-state index is 12.4. The van der Waals surface area contributed by atoms with E-state index >= 15 is 0 Å². The third-order valence-corrected chi connectivity index (χ3v) is 5.28. The first-order valence-electron chi connectivity index (χ1n) is 10.0. The number of fused-ring (bicyclic) bond motifs is 1. The van der Waals surface area contributed by atoms with Gasteiger partial charge in [0, 0.05) is 49.0 Å². The number of rotatable bonds is 3. The molecule has 8 heteroatoms. The second-order valence-corrected chi connectivity index (χ2v) is 7.28. The van der Waals surface area contributed by atoms with Gasteiger partial charge in [-0.1, -0.05) is 24.3 Å². The Morgan fingerprint density at radius 2 is 1.81 bits per heavy atom. The smallest absolute Gasteiger partial charge is 0.365 e. The maximum Gasteiger partial charge on any atom is 0.365 e.